The smallest absolute Gasteiger partial charge is 0.162 e. The van der Waals surface area contributed by atoms with Crippen molar-refractivity contribution in [1.82, 2.24) is 5.32 Å². The highest BCUT2D eigenvalue weighted by Crippen LogP contribution is 2.39. The van der Waals surface area contributed by atoms with Gasteiger partial charge in [0.15, 0.2) is 11.5 Å². The average molecular weight is 299 g/mol. The zero-order valence-corrected chi connectivity index (χ0v) is 12.9. The molecule has 2 aromatic rings. The molecule has 0 unspecified atom stereocenters. The van der Waals surface area contributed by atoms with Crippen molar-refractivity contribution in [1.29, 1.82) is 0 Å². The molecular formula is C18H21NO3. The summed E-state index contributed by atoms with van der Waals surface area (Å²) in [5.41, 5.74) is 3.35. The van der Waals surface area contributed by atoms with Crippen LogP contribution in [0.4, 0.5) is 0 Å². The zero-order chi connectivity index (χ0) is 15.5. The number of ether oxygens (including phenoxy) is 2. The molecule has 0 saturated heterocycles. The van der Waals surface area contributed by atoms with E-state index in [1.165, 1.54) is 11.1 Å². The molecule has 4 heteroatoms. The lowest BCUT2D eigenvalue weighted by Crippen LogP contribution is -2.31. The first kappa shape index (κ1) is 14.7. The van der Waals surface area contributed by atoms with Crippen molar-refractivity contribution in [3.05, 3.63) is 53.1 Å². The number of methoxy groups -OCH3 is 2. The normalized spacial score (nSPS) is 16.9. The van der Waals surface area contributed by atoms with Gasteiger partial charge in [-0.1, -0.05) is 18.2 Å². The summed E-state index contributed by atoms with van der Waals surface area (Å²) in [4.78, 5) is 0. The van der Waals surface area contributed by atoms with Crippen LogP contribution < -0.4 is 14.8 Å². The molecule has 0 fully saturated rings. The molecule has 1 aliphatic heterocycles. The number of benzene rings is 2. The summed E-state index contributed by atoms with van der Waals surface area (Å²) in [5.74, 6) is 1.64. The van der Waals surface area contributed by atoms with Crippen LogP contribution in [0.1, 0.15) is 22.7 Å². The summed E-state index contributed by atoms with van der Waals surface area (Å²) >= 11 is 0. The van der Waals surface area contributed by atoms with Gasteiger partial charge in [0, 0.05) is 11.6 Å². The fourth-order valence-electron chi connectivity index (χ4n) is 3.06. The summed E-state index contributed by atoms with van der Waals surface area (Å²) in [7, 11) is 3.24. The van der Waals surface area contributed by atoms with E-state index in [0.29, 0.717) is 5.75 Å². The highest BCUT2D eigenvalue weighted by Gasteiger charge is 2.25. The topological polar surface area (TPSA) is 50.7 Å². The summed E-state index contributed by atoms with van der Waals surface area (Å²) in [5, 5.41) is 14.0. The van der Waals surface area contributed by atoms with Crippen LogP contribution in [0, 0.1) is 0 Å². The highest BCUT2D eigenvalue weighted by molar-refractivity contribution is 5.52. The first-order valence-corrected chi connectivity index (χ1v) is 7.48. The fourth-order valence-corrected chi connectivity index (χ4v) is 3.06. The van der Waals surface area contributed by atoms with Crippen LogP contribution in [0.25, 0.3) is 0 Å². The minimum Gasteiger partial charge on any atom is -0.504 e. The lowest BCUT2D eigenvalue weighted by molar-refractivity contribution is 0.361. The summed E-state index contributed by atoms with van der Waals surface area (Å²) in [6.45, 7) is 0.916. The van der Waals surface area contributed by atoms with Gasteiger partial charge in [-0.2, -0.15) is 0 Å². The van der Waals surface area contributed by atoms with Crippen LogP contribution in [-0.2, 0) is 12.8 Å². The van der Waals surface area contributed by atoms with E-state index >= 15 is 0 Å². The molecule has 4 nitrogen and oxygen atoms in total. The summed E-state index contributed by atoms with van der Waals surface area (Å²) in [6.07, 6.45) is 1.74. The number of phenolic OH excluding ortho intramolecular Hbond substituents is 1. The minimum absolute atomic E-state index is 0.0900. The van der Waals surface area contributed by atoms with Crippen molar-refractivity contribution in [2.45, 2.75) is 18.9 Å². The van der Waals surface area contributed by atoms with E-state index < -0.39 is 0 Å². The number of aromatic hydroxyl groups is 1. The van der Waals surface area contributed by atoms with Crippen LogP contribution in [0.3, 0.4) is 0 Å². The van der Waals surface area contributed by atoms with E-state index in [1.54, 1.807) is 14.2 Å². The predicted octanol–water partition coefficient (Wildman–Crippen LogP) is 2.84. The minimum atomic E-state index is 0.0900. The van der Waals surface area contributed by atoms with Gasteiger partial charge in [0.2, 0.25) is 0 Å². The van der Waals surface area contributed by atoms with Crippen molar-refractivity contribution < 1.29 is 14.6 Å². The predicted molar refractivity (Wildman–Crippen MR) is 85.8 cm³/mol. The third kappa shape index (κ3) is 2.74. The third-order valence-corrected chi connectivity index (χ3v) is 4.22. The quantitative estimate of drug-likeness (QED) is 0.911. The molecule has 0 amide bonds. The molecule has 3 rings (SSSR count). The Balaban J connectivity index is 1.90. The first-order valence-electron chi connectivity index (χ1n) is 7.48. The lowest BCUT2D eigenvalue weighted by atomic mass is 9.89. The second-order valence-corrected chi connectivity index (χ2v) is 5.50. The van der Waals surface area contributed by atoms with Gasteiger partial charge in [-0.25, -0.2) is 0 Å². The molecular weight excluding hydrogens is 278 g/mol. The Morgan fingerprint density at radius 1 is 1.09 bits per heavy atom. The zero-order valence-electron chi connectivity index (χ0n) is 12.9. The Labute approximate surface area is 130 Å². The van der Waals surface area contributed by atoms with Gasteiger partial charge in [-0.05, 0) is 48.7 Å². The molecule has 2 N–H and O–H groups in total. The van der Waals surface area contributed by atoms with Crippen LogP contribution in [0.2, 0.25) is 0 Å². The molecule has 2 aromatic carbocycles. The molecule has 0 bridgehead atoms. The van der Waals surface area contributed by atoms with Gasteiger partial charge in [0.25, 0.3) is 0 Å². The number of hydrogen-bond acceptors (Lipinski definition) is 4. The van der Waals surface area contributed by atoms with E-state index in [0.717, 1.165) is 30.7 Å². The molecule has 1 atom stereocenters. The number of nitrogens with one attached hydrogen (secondary N) is 1. The number of fused-ring (bicyclic) bond motifs is 1. The largest absolute Gasteiger partial charge is 0.504 e. The van der Waals surface area contributed by atoms with Crippen LogP contribution >= 0.6 is 0 Å². The molecule has 0 radical (unpaired) electrons. The van der Waals surface area contributed by atoms with E-state index in [9.17, 15) is 5.11 Å². The van der Waals surface area contributed by atoms with Crippen molar-refractivity contribution >= 4 is 0 Å². The van der Waals surface area contributed by atoms with E-state index in [1.807, 2.05) is 18.2 Å². The van der Waals surface area contributed by atoms with Crippen LogP contribution in [0.5, 0.6) is 17.2 Å². The number of phenols is 1. The van der Waals surface area contributed by atoms with Crippen LogP contribution in [-0.4, -0.2) is 25.9 Å². The van der Waals surface area contributed by atoms with Gasteiger partial charge in [0.05, 0.1) is 14.2 Å². The molecule has 1 heterocycles. The third-order valence-electron chi connectivity index (χ3n) is 4.22. The maximum atomic E-state index is 10.5. The molecule has 0 aliphatic carbocycles. The van der Waals surface area contributed by atoms with Gasteiger partial charge in [-0.3, -0.25) is 0 Å². The van der Waals surface area contributed by atoms with Gasteiger partial charge < -0.3 is 19.9 Å². The monoisotopic (exact) mass is 299 g/mol. The maximum absolute atomic E-state index is 10.5. The standard InChI is InChI=1S/C18H21NO3/c1-21-14-6-3-12(4-7-14)11-15-17-13(9-10-19-15)5-8-16(22-2)18(17)20/h3-8,15,19-20H,9-11H2,1-2H3/t15-/m0/s1. The van der Waals surface area contributed by atoms with Crippen molar-refractivity contribution in [3.63, 3.8) is 0 Å². The SMILES string of the molecule is COc1ccc(C[C@@H]2NCCc3ccc(OC)c(O)c32)cc1. The Bertz CT molecular complexity index is 652. The Morgan fingerprint density at radius 2 is 1.86 bits per heavy atom. The van der Waals surface area contributed by atoms with E-state index in [-0.39, 0.29) is 11.8 Å². The highest BCUT2D eigenvalue weighted by atomic mass is 16.5. The molecule has 116 valence electrons. The number of hydrogen-bond donors (Lipinski definition) is 2. The second kappa shape index (κ2) is 6.28. The van der Waals surface area contributed by atoms with Gasteiger partial charge in [-0.15, -0.1) is 0 Å². The maximum Gasteiger partial charge on any atom is 0.162 e. The molecule has 0 aromatic heterocycles. The van der Waals surface area contributed by atoms with Crippen molar-refractivity contribution in [2.24, 2.45) is 0 Å². The lowest BCUT2D eigenvalue weighted by Gasteiger charge is -2.28. The Hall–Kier alpha value is -2.20. The average Bonchev–Trinajstić information content (AvgIpc) is 2.56. The van der Waals surface area contributed by atoms with Crippen LogP contribution in [0.15, 0.2) is 36.4 Å². The Morgan fingerprint density at radius 3 is 2.55 bits per heavy atom. The van der Waals surface area contributed by atoms with E-state index in [4.69, 9.17) is 9.47 Å². The van der Waals surface area contributed by atoms with Crippen molar-refractivity contribution in [2.75, 3.05) is 20.8 Å². The summed E-state index contributed by atoms with van der Waals surface area (Å²) in [6, 6.07) is 12.0. The molecule has 0 saturated carbocycles. The Kier molecular flexibility index (Phi) is 4.20. The van der Waals surface area contributed by atoms with E-state index in [2.05, 4.69) is 23.5 Å². The number of rotatable bonds is 4. The first-order chi connectivity index (χ1) is 10.7. The van der Waals surface area contributed by atoms with Gasteiger partial charge >= 0.3 is 0 Å². The fraction of sp³-hybridized carbons (Fsp3) is 0.333. The molecule has 1 aliphatic rings. The molecule has 22 heavy (non-hydrogen) atoms. The second-order valence-electron chi connectivity index (χ2n) is 5.50. The van der Waals surface area contributed by atoms with Crippen molar-refractivity contribution in [3.8, 4) is 17.2 Å². The van der Waals surface area contributed by atoms with Gasteiger partial charge in [0.1, 0.15) is 5.75 Å². The molecule has 0 spiro atoms. The summed E-state index contributed by atoms with van der Waals surface area (Å²) < 4.78 is 10.4.